The predicted octanol–water partition coefficient (Wildman–Crippen LogP) is 2.77. The summed E-state index contributed by atoms with van der Waals surface area (Å²) >= 11 is 0. The maximum atomic E-state index is 5.21. The highest BCUT2D eigenvalue weighted by molar-refractivity contribution is 5.82. The number of benzene rings is 1. The topological polar surface area (TPSA) is 37.9 Å². The Morgan fingerprint density at radius 2 is 2.20 bits per heavy atom. The van der Waals surface area contributed by atoms with Gasteiger partial charge < -0.3 is 4.74 Å². The van der Waals surface area contributed by atoms with Gasteiger partial charge in [-0.05, 0) is 30.5 Å². The van der Waals surface area contributed by atoms with Crippen LogP contribution in [0.1, 0.15) is 19.5 Å². The normalized spacial score (nSPS) is 11.2. The summed E-state index contributed by atoms with van der Waals surface area (Å²) in [7, 11) is 1.68. The zero-order valence-electron chi connectivity index (χ0n) is 9.37. The standard InChI is InChI=1S/C12H16N2O/c1-8(2)6-12-10-7-9(15-3)4-5-11(10)13-14-12/h4-5,7-8H,6H2,1-3H3,(H,13,14). The summed E-state index contributed by atoms with van der Waals surface area (Å²) < 4.78 is 5.21. The predicted molar refractivity (Wildman–Crippen MR) is 61.2 cm³/mol. The molecule has 1 aromatic carbocycles. The van der Waals surface area contributed by atoms with Crippen molar-refractivity contribution in [2.45, 2.75) is 20.3 Å². The second-order valence-corrected chi connectivity index (χ2v) is 4.18. The third kappa shape index (κ3) is 1.96. The number of hydrogen-bond donors (Lipinski definition) is 1. The Morgan fingerprint density at radius 3 is 2.87 bits per heavy atom. The highest BCUT2D eigenvalue weighted by Crippen LogP contribution is 2.23. The van der Waals surface area contributed by atoms with Crippen LogP contribution in [0.25, 0.3) is 10.9 Å². The van der Waals surface area contributed by atoms with E-state index in [0.717, 1.165) is 17.7 Å². The zero-order valence-corrected chi connectivity index (χ0v) is 9.37. The molecule has 0 unspecified atom stereocenters. The Kier molecular flexibility index (Phi) is 2.62. The maximum absolute atomic E-state index is 5.21. The first kappa shape index (κ1) is 10.0. The molecule has 2 aromatic rings. The van der Waals surface area contributed by atoms with Crippen LogP contribution in [0, 0.1) is 5.92 Å². The van der Waals surface area contributed by atoms with Crippen molar-refractivity contribution < 1.29 is 4.74 Å². The van der Waals surface area contributed by atoms with E-state index in [9.17, 15) is 0 Å². The van der Waals surface area contributed by atoms with Gasteiger partial charge in [0.15, 0.2) is 0 Å². The molecule has 1 heterocycles. The monoisotopic (exact) mass is 204 g/mol. The van der Waals surface area contributed by atoms with Gasteiger partial charge in [-0.1, -0.05) is 13.8 Å². The van der Waals surface area contributed by atoms with Gasteiger partial charge in [-0.25, -0.2) is 0 Å². The molecule has 15 heavy (non-hydrogen) atoms. The Balaban J connectivity index is 2.46. The van der Waals surface area contributed by atoms with Crippen LogP contribution in [0.2, 0.25) is 0 Å². The number of rotatable bonds is 3. The van der Waals surface area contributed by atoms with E-state index in [2.05, 4.69) is 24.0 Å². The number of nitrogens with zero attached hydrogens (tertiary/aromatic N) is 1. The van der Waals surface area contributed by atoms with E-state index in [1.54, 1.807) is 7.11 Å². The molecule has 0 spiro atoms. The van der Waals surface area contributed by atoms with Crippen molar-refractivity contribution in [1.29, 1.82) is 0 Å². The molecule has 0 saturated heterocycles. The van der Waals surface area contributed by atoms with Crippen LogP contribution in [-0.4, -0.2) is 17.3 Å². The lowest BCUT2D eigenvalue weighted by atomic mass is 10.1. The summed E-state index contributed by atoms with van der Waals surface area (Å²) in [6.07, 6.45) is 1.02. The van der Waals surface area contributed by atoms with Crippen molar-refractivity contribution in [3.63, 3.8) is 0 Å². The van der Waals surface area contributed by atoms with Crippen molar-refractivity contribution in [3.8, 4) is 5.75 Å². The van der Waals surface area contributed by atoms with Crippen molar-refractivity contribution in [2.24, 2.45) is 5.92 Å². The summed E-state index contributed by atoms with van der Waals surface area (Å²) in [5.41, 5.74) is 2.20. The summed E-state index contributed by atoms with van der Waals surface area (Å²) in [6.45, 7) is 4.40. The van der Waals surface area contributed by atoms with Crippen LogP contribution < -0.4 is 4.74 Å². The molecule has 0 aliphatic heterocycles. The fourth-order valence-corrected chi connectivity index (χ4v) is 1.73. The van der Waals surface area contributed by atoms with Crippen LogP contribution in [-0.2, 0) is 6.42 Å². The minimum atomic E-state index is 0.625. The van der Waals surface area contributed by atoms with Crippen LogP contribution >= 0.6 is 0 Å². The molecule has 0 bridgehead atoms. The number of ether oxygens (including phenoxy) is 1. The highest BCUT2D eigenvalue weighted by atomic mass is 16.5. The van der Waals surface area contributed by atoms with E-state index in [1.807, 2.05) is 18.2 Å². The minimum absolute atomic E-state index is 0.625. The molecular weight excluding hydrogens is 188 g/mol. The first-order valence-corrected chi connectivity index (χ1v) is 5.21. The fourth-order valence-electron chi connectivity index (χ4n) is 1.73. The molecule has 0 aliphatic carbocycles. The van der Waals surface area contributed by atoms with Gasteiger partial charge in [0.1, 0.15) is 5.75 Å². The average Bonchev–Trinajstić information content (AvgIpc) is 2.60. The number of H-pyrrole nitrogens is 1. The molecule has 0 atom stereocenters. The molecule has 0 amide bonds. The van der Waals surface area contributed by atoms with Gasteiger partial charge in [0.2, 0.25) is 0 Å². The van der Waals surface area contributed by atoms with Gasteiger partial charge in [-0.15, -0.1) is 0 Å². The molecule has 1 aromatic heterocycles. The van der Waals surface area contributed by atoms with E-state index < -0.39 is 0 Å². The quantitative estimate of drug-likeness (QED) is 0.834. The molecule has 0 saturated carbocycles. The molecule has 80 valence electrons. The smallest absolute Gasteiger partial charge is 0.119 e. The number of hydrogen-bond acceptors (Lipinski definition) is 2. The molecule has 3 heteroatoms. The molecule has 3 nitrogen and oxygen atoms in total. The van der Waals surface area contributed by atoms with Crippen LogP contribution in [0.15, 0.2) is 18.2 Å². The van der Waals surface area contributed by atoms with E-state index in [1.165, 1.54) is 11.1 Å². The second-order valence-electron chi connectivity index (χ2n) is 4.18. The van der Waals surface area contributed by atoms with Crippen molar-refractivity contribution in [1.82, 2.24) is 10.2 Å². The molecule has 1 N–H and O–H groups in total. The Hall–Kier alpha value is -1.51. The Bertz CT molecular complexity index is 460. The Labute approximate surface area is 89.4 Å². The number of aromatic amines is 1. The number of nitrogens with one attached hydrogen (secondary N) is 1. The summed E-state index contributed by atoms with van der Waals surface area (Å²) in [5.74, 6) is 1.51. The van der Waals surface area contributed by atoms with E-state index in [0.29, 0.717) is 5.92 Å². The van der Waals surface area contributed by atoms with E-state index >= 15 is 0 Å². The lowest BCUT2D eigenvalue weighted by Crippen LogP contribution is -1.94. The summed E-state index contributed by atoms with van der Waals surface area (Å²) in [4.78, 5) is 0. The molecule has 0 aliphatic rings. The van der Waals surface area contributed by atoms with Crippen molar-refractivity contribution in [2.75, 3.05) is 7.11 Å². The average molecular weight is 204 g/mol. The molecular formula is C12H16N2O. The minimum Gasteiger partial charge on any atom is -0.497 e. The first-order chi connectivity index (χ1) is 7.20. The van der Waals surface area contributed by atoms with Gasteiger partial charge in [-0.3, -0.25) is 5.10 Å². The second kappa shape index (κ2) is 3.93. The van der Waals surface area contributed by atoms with Crippen molar-refractivity contribution >= 4 is 10.9 Å². The molecule has 2 rings (SSSR count). The van der Waals surface area contributed by atoms with Gasteiger partial charge in [0, 0.05) is 11.1 Å². The van der Waals surface area contributed by atoms with Gasteiger partial charge >= 0.3 is 0 Å². The lowest BCUT2D eigenvalue weighted by Gasteiger charge is -2.03. The highest BCUT2D eigenvalue weighted by Gasteiger charge is 2.07. The summed E-state index contributed by atoms with van der Waals surface area (Å²) in [6, 6.07) is 5.95. The fraction of sp³-hybridized carbons (Fsp3) is 0.417. The number of aromatic nitrogens is 2. The third-order valence-corrected chi connectivity index (χ3v) is 2.45. The number of methoxy groups -OCH3 is 1. The van der Waals surface area contributed by atoms with Crippen LogP contribution in [0.3, 0.4) is 0 Å². The Morgan fingerprint density at radius 1 is 1.40 bits per heavy atom. The molecule has 0 fully saturated rings. The summed E-state index contributed by atoms with van der Waals surface area (Å²) in [5, 5.41) is 8.53. The van der Waals surface area contributed by atoms with Gasteiger partial charge in [0.05, 0.1) is 12.6 Å². The van der Waals surface area contributed by atoms with Crippen molar-refractivity contribution in [3.05, 3.63) is 23.9 Å². The van der Waals surface area contributed by atoms with E-state index in [4.69, 9.17) is 4.74 Å². The van der Waals surface area contributed by atoms with Crippen LogP contribution in [0.4, 0.5) is 0 Å². The largest absolute Gasteiger partial charge is 0.497 e. The van der Waals surface area contributed by atoms with Gasteiger partial charge in [0.25, 0.3) is 0 Å². The lowest BCUT2D eigenvalue weighted by molar-refractivity contribution is 0.415. The van der Waals surface area contributed by atoms with Gasteiger partial charge in [-0.2, -0.15) is 5.10 Å². The molecule has 0 radical (unpaired) electrons. The van der Waals surface area contributed by atoms with Crippen LogP contribution in [0.5, 0.6) is 5.75 Å². The first-order valence-electron chi connectivity index (χ1n) is 5.21. The SMILES string of the molecule is COc1ccc2n[nH]c(CC(C)C)c2c1. The maximum Gasteiger partial charge on any atom is 0.119 e. The zero-order chi connectivity index (χ0) is 10.8. The number of fused-ring (bicyclic) bond motifs is 1. The van der Waals surface area contributed by atoms with E-state index in [-0.39, 0.29) is 0 Å². The third-order valence-electron chi connectivity index (χ3n) is 2.45.